The first-order valence-electron chi connectivity index (χ1n) is 7.21. The monoisotopic (exact) mass is 316 g/mol. The number of carbonyl (C=O) groups is 2. The van der Waals surface area contributed by atoms with E-state index in [-0.39, 0.29) is 18.9 Å². The average Bonchev–Trinajstić information content (AvgIpc) is 3.09. The van der Waals surface area contributed by atoms with Crippen LogP contribution in [0.2, 0.25) is 0 Å². The molecular formula is C15H16N4O4. The van der Waals surface area contributed by atoms with E-state index in [4.69, 9.17) is 9.84 Å². The summed E-state index contributed by atoms with van der Waals surface area (Å²) in [6.45, 7) is 1.02. The molecule has 1 fully saturated rings. The zero-order valence-electron chi connectivity index (χ0n) is 12.3. The predicted octanol–water partition coefficient (Wildman–Crippen LogP) is 0.583. The predicted molar refractivity (Wildman–Crippen MR) is 79.3 cm³/mol. The summed E-state index contributed by atoms with van der Waals surface area (Å²) in [5, 5.41) is 13.0. The summed E-state index contributed by atoms with van der Waals surface area (Å²) >= 11 is 0. The second kappa shape index (κ2) is 6.57. The second-order valence-corrected chi connectivity index (χ2v) is 5.22. The van der Waals surface area contributed by atoms with Gasteiger partial charge in [-0.1, -0.05) is 6.07 Å². The Bertz CT molecular complexity index is 701. The van der Waals surface area contributed by atoms with E-state index in [1.165, 1.54) is 6.33 Å². The molecule has 23 heavy (non-hydrogen) atoms. The Labute approximate surface area is 132 Å². The van der Waals surface area contributed by atoms with Crippen molar-refractivity contribution in [3.63, 3.8) is 0 Å². The third kappa shape index (κ3) is 3.37. The van der Waals surface area contributed by atoms with Crippen LogP contribution in [0.25, 0.3) is 5.69 Å². The number of carboxylic acids is 1. The van der Waals surface area contributed by atoms with Gasteiger partial charge in [-0.3, -0.25) is 9.59 Å². The number of carboxylic acid groups (broad SMARTS) is 1. The number of aliphatic carboxylic acids is 1. The Morgan fingerprint density at radius 2 is 2.26 bits per heavy atom. The van der Waals surface area contributed by atoms with Gasteiger partial charge in [0.05, 0.1) is 31.4 Å². The van der Waals surface area contributed by atoms with Crippen LogP contribution >= 0.6 is 0 Å². The topological polar surface area (TPSA) is 97.6 Å². The van der Waals surface area contributed by atoms with Crippen LogP contribution in [0, 0.1) is 0 Å². The fourth-order valence-electron chi connectivity index (χ4n) is 2.58. The van der Waals surface area contributed by atoms with Gasteiger partial charge in [0.2, 0.25) is 0 Å². The molecule has 120 valence electrons. The fourth-order valence-corrected chi connectivity index (χ4v) is 2.58. The number of rotatable bonds is 4. The molecule has 0 unspecified atom stereocenters. The molecule has 0 spiro atoms. The summed E-state index contributed by atoms with van der Waals surface area (Å²) in [7, 11) is 0. The lowest BCUT2D eigenvalue weighted by Crippen LogP contribution is -2.49. The van der Waals surface area contributed by atoms with Gasteiger partial charge in [0, 0.05) is 12.1 Å². The molecule has 0 saturated carbocycles. The maximum absolute atomic E-state index is 12.7. The summed E-state index contributed by atoms with van der Waals surface area (Å²) < 4.78 is 6.86. The van der Waals surface area contributed by atoms with Crippen LogP contribution < -0.4 is 0 Å². The number of aromatic nitrogens is 3. The Hall–Kier alpha value is -2.74. The van der Waals surface area contributed by atoms with E-state index in [2.05, 4.69) is 10.1 Å². The molecule has 8 heteroatoms. The van der Waals surface area contributed by atoms with Gasteiger partial charge in [0.15, 0.2) is 0 Å². The molecule has 1 amide bonds. The van der Waals surface area contributed by atoms with E-state index in [1.807, 2.05) is 6.07 Å². The van der Waals surface area contributed by atoms with Crippen LogP contribution in [0.1, 0.15) is 16.8 Å². The zero-order chi connectivity index (χ0) is 16.2. The minimum Gasteiger partial charge on any atom is -0.481 e. The standard InChI is InChI=1S/C15H16N4O4/c20-14(21)7-13-8-23-5-4-18(13)15(22)11-2-1-3-12(6-11)19-10-16-9-17-19/h1-3,6,9-10,13H,4-5,7-8H2,(H,20,21)/t13-/m0/s1. The van der Waals surface area contributed by atoms with Gasteiger partial charge in [-0.2, -0.15) is 5.10 Å². The van der Waals surface area contributed by atoms with Crippen molar-refractivity contribution in [2.75, 3.05) is 19.8 Å². The second-order valence-electron chi connectivity index (χ2n) is 5.22. The average molecular weight is 316 g/mol. The summed E-state index contributed by atoms with van der Waals surface area (Å²) in [6, 6.07) is 6.54. The van der Waals surface area contributed by atoms with Gasteiger partial charge in [0.1, 0.15) is 12.7 Å². The van der Waals surface area contributed by atoms with Crippen molar-refractivity contribution in [1.82, 2.24) is 19.7 Å². The molecule has 1 N–H and O–H groups in total. The van der Waals surface area contributed by atoms with Crippen molar-refractivity contribution in [2.45, 2.75) is 12.5 Å². The smallest absolute Gasteiger partial charge is 0.305 e. The molecule has 1 saturated heterocycles. The molecule has 1 atom stereocenters. The molecule has 1 aliphatic rings. The summed E-state index contributed by atoms with van der Waals surface area (Å²) in [4.78, 5) is 29.2. The van der Waals surface area contributed by atoms with Crippen LogP contribution in [-0.2, 0) is 9.53 Å². The van der Waals surface area contributed by atoms with E-state index < -0.39 is 12.0 Å². The Balaban J connectivity index is 1.84. The number of carbonyl (C=O) groups excluding carboxylic acids is 1. The lowest BCUT2D eigenvalue weighted by atomic mass is 10.1. The van der Waals surface area contributed by atoms with Crippen molar-refractivity contribution >= 4 is 11.9 Å². The normalized spacial score (nSPS) is 17.9. The Morgan fingerprint density at radius 3 is 3.00 bits per heavy atom. The van der Waals surface area contributed by atoms with Gasteiger partial charge >= 0.3 is 5.97 Å². The quantitative estimate of drug-likeness (QED) is 0.886. The summed E-state index contributed by atoms with van der Waals surface area (Å²) in [6.07, 6.45) is 2.83. The first-order chi connectivity index (χ1) is 11.1. The number of hydrogen-bond acceptors (Lipinski definition) is 5. The Morgan fingerprint density at radius 1 is 1.39 bits per heavy atom. The first kappa shape index (κ1) is 15.2. The number of amides is 1. The molecule has 1 aromatic heterocycles. The first-order valence-corrected chi connectivity index (χ1v) is 7.21. The molecule has 0 bridgehead atoms. The van der Waals surface area contributed by atoms with E-state index in [0.717, 1.165) is 5.69 Å². The van der Waals surface area contributed by atoms with E-state index in [1.54, 1.807) is 34.1 Å². The van der Waals surface area contributed by atoms with Gasteiger partial charge in [0.25, 0.3) is 5.91 Å². The van der Waals surface area contributed by atoms with Crippen molar-refractivity contribution in [1.29, 1.82) is 0 Å². The van der Waals surface area contributed by atoms with E-state index in [0.29, 0.717) is 18.7 Å². The van der Waals surface area contributed by atoms with Crippen LogP contribution in [0.3, 0.4) is 0 Å². The van der Waals surface area contributed by atoms with Crippen molar-refractivity contribution in [3.8, 4) is 5.69 Å². The van der Waals surface area contributed by atoms with E-state index in [9.17, 15) is 9.59 Å². The summed E-state index contributed by atoms with van der Waals surface area (Å²) in [5.74, 6) is -1.16. The molecule has 2 heterocycles. The lowest BCUT2D eigenvalue weighted by molar-refractivity contribution is -0.139. The summed E-state index contributed by atoms with van der Waals surface area (Å²) in [5.41, 5.74) is 1.20. The maximum atomic E-state index is 12.7. The molecule has 8 nitrogen and oxygen atoms in total. The number of nitrogens with zero attached hydrogens (tertiary/aromatic N) is 4. The lowest BCUT2D eigenvalue weighted by Gasteiger charge is -2.35. The molecule has 0 radical (unpaired) electrons. The van der Waals surface area contributed by atoms with Gasteiger partial charge in [-0.25, -0.2) is 9.67 Å². The highest BCUT2D eigenvalue weighted by molar-refractivity contribution is 5.95. The molecule has 2 aromatic rings. The molecule has 0 aliphatic carbocycles. The van der Waals surface area contributed by atoms with Crippen molar-refractivity contribution in [3.05, 3.63) is 42.5 Å². The fraction of sp³-hybridized carbons (Fsp3) is 0.333. The number of hydrogen-bond donors (Lipinski definition) is 1. The number of benzene rings is 1. The van der Waals surface area contributed by atoms with Gasteiger partial charge < -0.3 is 14.7 Å². The SMILES string of the molecule is O=C(O)C[C@H]1COCCN1C(=O)c1cccc(-n2cncn2)c1. The van der Waals surface area contributed by atoms with Crippen LogP contribution in [-0.4, -0.2) is 62.4 Å². The minimum atomic E-state index is -0.949. The highest BCUT2D eigenvalue weighted by Crippen LogP contribution is 2.17. The third-order valence-corrected chi connectivity index (χ3v) is 3.68. The number of morpholine rings is 1. The molecule has 3 rings (SSSR count). The minimum absolute atomic E-state index is 0.130. The Kier molecular flexibility index (Phi) is 4.33. The highest BCUT2D eigenvalue weighted by Gasteiger charge is 2.29. The largest absolute Gasteiger partial charge is 0.481 e. The van der Waals surface area contributed by atoms with Crippen LogP contribution in [0.4, 0.5) is 0 Å². The maximum Gasteiger partial charge on any atom is 0.305 e. The van der Waals surface area contributed by atoms with Crippen LogP contribution in [0.5, 0.6) is 0 Å². The number of ether oxygens (including phenoxy) is 1. The van der Waals surface area contributed by atoms with Crippen LogP contribution in [0.15, 0.2) is 36.9 Å². The van der Waals surface area contributed by atoms with Gasteiger partial charge in [-0.15, -0.1) is 0 Å². The third-order valence-electron chi connectivity index (χ3n) is 3.68. The van der Waals surface area contributed by atoms with E-state index >= 15 is 0 Å². The highest BCUT2D eigenvalue weighted by atomic mass is 16.5. The molecular weight excluding hydrogens is 300 g/mol. The van der Waals surface area contributed by atoms with Crippen molar-refractivity contribution in [2.24, 2.45) is 0 Å². The zero-order valence-corrected chi connectivity index (χ0v) is 12.3. The molecule has 1 aliphatic heterocycles. The van der Waals surface area contributed by atoms with Gasteiger partial charge in [-0.05, 0) is 18.2 Å². The molecule has 1 aromatic carbocycles. The van der Waals surface area contributed by atoms with Crippen molar-refractivity contribution < 1.29 is 19.4 Å².